The molecule has 0 spiro atoms. The van der Waals surface area contributed by atoms with E-state index in [1.165, 1.54) is 0 Å². The van der Waals surface area contributed by atoms with Crippen molar-refractivity contribution >= 4 is 12.2 Å². The molecule has 0 amide bonds. The molecule has 2 aromatic rings. The van der Waals surface area contributed by atoms with Gasteiger partial charge in [-0.05, 0) is 29.3 Å². The number of nitrogens with zero attached hydrogens (tertiary/aromatic N) is 2. The summed E-state index contributed by atoms with van der Waals surface area (Å²) < 4.78 is 5.15. The second kappa shape index (κ2) is 5.07. The first kappa shape index (κ1) is 10.4. The van der Waals surface area contributed by atoms with Crippen LogP contribution in [0.4, 0.5) is 0 Å². The number of methoxy groups -OCH3 is 1. The summed E-state index contributed by atoms with van der Waals surface area (Å²) in [5.41, 5.74) is 2.12. The Hall–Kier alpha value is -2.16. The highest BCUT2D eigenvalue weighted by molar-refractivity contribution is 5.69. The van der Waals surface area contributed by atoms with Crippen LogP contribution in [0, 0.1) is 0 Å². The molecule has 0 aliphatic rings. The maximum absolute atomic E-state index is 5.15. The highest BCUT2D eigenvalue weighted by Crippen LogP contribution is 2.14. The average molecular weight is 212 g/mol. The zero-order valence-electron chi connectivity index (χ0n) is 9.00. The summed E-state index contributed by atoms with van der Waals surface area (Å²) in [5.74, 6) is 0.856. The lowest BCUT2D eigenvalue weighted by Crippen LogP contribution is -1.82. The summed E-state index contributed by atoms with van der Waals surface area (Å²) in [6, 6.07) is 9.79. The average Bonchev–Trinajstić information content (AvgIpc) is 2.38. The Morgan fingerprint density at radius 2 is 1.94 bits per heavy atom. The van der Waals surface area contributed by atoms with Gasteiger partial charge in [-0.25, -0.2) is 0 Å². The van der Waals surface area contributed by atoms with Gasteiger partial charge in [0.2, 0.25) is 0 Å². The van der Waals surface area contributed by atoms with E-state index < -0.39 is 0 Å². The second-order valence-electron chi connectivity index (χ2n) is 3.29. The minimum absolute atomic E-state index is 0.856. The van der Waals surface area contributed by atoms with Crippen LogP contribution < -0.4 is 4.74 Å². The first-order chi connectivity index (χ1) is 7.88. The van der Waals surface area contributed by atoms with Gasteiger partial charge >= 0.3 is 0 Å². The van der Waals surface area contributed by atoms with Gasteiger partial charge in [0.15, 0.2) is 0 Å². The van der Waals surface area contributed by atoms with Crippen molar-refractivity contribution in [2.24, 2.45) is 0 Å². The number of hydrogen-bond donors (Lipinski definition) is 0. The van der Waals surface area contributed by atoms with E-state index in [9.17, 15) is 0 Å². The van der Waals surface area contributed by atoms with Gasteiger partial charge in [-0.1, -0.05) is 24.3 Å². The van der Waals surface area contributed by atoms with E-state index in [-0.39, 0.29) is 0 Å². The summed E-state index contributed by atoms with van der Waals surface area (Å²) in [4.78, 5) is 0. The topological polar surface area (TPSA) is 35.0 Å². The first-order valence-electron chi connectivity index (χ1n) is 4.97. The van der Waals surface area contributed by atoms with Crippen LogP contribution in [0.1, 0.15) is 11.1 Å². The van der Waals surface area contributed by atoms with E-state index in [1.54, 1.807) is 19.5 Å². The van der Waals surface area contributed by atoms with Crippen molar-refractivity contribution in [3.63, 3.8) is 0 Å². The van der Waals surface area contributed by atoms with Crippen LogP contribution in [0.2, 0.25) is 0 Å². The van der Waals surface area contributed by atoms with E-state index in [0.717, 1.165) is 16.9 Å². The minimum Gasteiger partial charge on any atom is -0.497 e. The lowest BCUT2D eigenvalue weighted by molar-refractivity contribution is 0.414. The molecule has 0 atom stereocenters. The standard InChI is InChI=1S/C13H12N2O/c1-16-13-4-2-3-11(9-13)5-6-12-7-8-14-15-10-12/h2-10H,1H3. The Bertz CT molecular complexity index is 480. The van der Waals surface area contributed by atoms with Crippen LogP contribution in [0.15, 0.2) is 42.7 Å². The monoisotopic (exact) mass is 212 g/mol. The smallest absolute Gasteiger partial charge is 0.119 e. The lowest BCUT2D eigenvalue weighted by Gasteiger charge is -1.99. The van der Waals surface area contributed by atoms with Gasteiger partial charge in [-0.3, -0.25) is 0 Å². The molecule has 0 unspecified atom stereocenters. The molecule has 0 aliphatic heterocycles. The van der Waals surface area contributed by atoms with Crippen LogP contribution in [-0.4, -0.2) is 17.3 Å². The molecule has 0 bridgehead atoms. The Balaban J connectivity index is 2.17. The van der Waals surface area contributed by atoms with Gasteiger partial charge in [0.05, 0.1) is 19.5 Å². The summed E-state index contributed by atoms with van der Waals surface area (Å²) in [6.07, 6.45) is 7.39. The fourth-order valence-corrected chi connectivity index (χ4v) is 1.34. The van der Waals surface area contributed by atoms with Crippen LogP contribution in [0.25, 0.3) is 12.2 Å². The molecule has 0 radical (unpaired) electrons. The molecule has 0 N–H and O–H groups in total. The molecule has 0 saturated carbocycles. The summed E-state index contributed by atoms with van der Waals surface area (Å²) in [7, 11) is 1.66. The zero-order valence-corrected chi connectivity index (χ0v) is 9.00. The Morgan fingerprint density at radius 1 is 1.06 bits per heavy atom. The van der Waals surface area contributed by atoms with Crippen molar-refractivity contribution in [2.45, 2.75) is 0 Å². The Labute approximate surface area is 94.4 Å². The van der Waals surface area contributed by atoms with Gasteiger partial charge in [-0.2, -0.15) is 10.2 Å². The predicted octanol–water partition coefficient (Wildman–Crippen LogP) is 2.66. The van der Waals surface area contributed by atoms with Crippen molar-refractivity contribution in [3.05, 3.63) is 53.9 Å². The van der Waals surface area contributed by atoms with Gasteiger partial charge in [0.25, 0.3) is 0 Å². The third-order valence-corrected chi connectivity index (χ3v) is 2.17. The second-order valence-corrected chi connectivity index (χ2v) is 3.29. The molecular formula is C13H12N2O. The fraction of sp³-hybridized carbons (Fsp3) is 0.0769. The Kier molecular flexibility index (Phi) is 3.28. The van der Waals surface area contributed by atoms with Gasteiger partial charge < -0.3 is 4.74 Å². The molecule has 3 nitrogen and oxygen atoms in total. The molecule has 0 saturated heterocycles. The third-order valence-electron chi connectivity index (χ3n) is 2.17. The highest BCUT2D eigenvalue weighted by Gasteiger charge is 1.91. The summed E-state index contributed by atoms with van der Waals surface area (Å²) >= 11 is 0. The van der Waals surface area contributed by atoms with E-state index in [1.807, 2.05) is 42.5 Å². The normalized spacial score (nSPS) is 10.6. The van der Waals surface area contributed by atoms with Gasteiger partial charge in [0, 0.05) is 0 Å². The molecule has 0 aliphatic carbocycles. The molecule has 0 fully saturated rings. The molecule has 1 heterocycles. The van der Waals surface area contributed by atoms with Crippen molar-refractivity contribution in [1.82, 2.24) is 10.2 Å². The van der Waals surface area contributed by atoms with Gasteiger partial charge in [-0.15, -0.1) is 0 Å². The van der Waals surface area contributed by atoms with E-state index in [0.29, 0.717) is 0 Å². The van der Waals surface area contributed by atoms with Crippen molar-refractivity contribution in [1.29, 1.82) is 0 Å². The largest absolute Gasteiger partial charge is 0.497 e. The summed E-state index contributed by atoms with van der Waals surface area (Å²) in [5, 5.41) is 7.53. The van der Waals surface area contributed by atoms with Crippen molar-refractivity contribution in [3.8, 4) is 5.75 Å². The number of ether oxygens (including phenoxy) is 1. The third kappa shape index (κ3) is 2.67. The van der Waals surface area contributed by atoms with Crippen LogP contribution in [0.5, 0.6) is 5.75 Å². The lowest BCUT2D eigenvalue weighted by atomic mass is 10.1. The predicted molar refractivity (Wildman–Crippen MR) is 64.0 cm³/mol. The minimum atomic E-state index is 0.856. The number of aromatic nitrogens is 2. The molecule has 1 aromatic heterocycles. The molecule has 1 aromatic carbocycles. The van der Waals surface area contributed by atoms with E-state index >= 15 is 0 Å². The highest BCUT2D eigenvalue weighted by atomic mass is 16.5. The molecular weight excluding hydrogens is 200 g/mol. The zero-order chi connectivity index (χ0) is 11.2. The molecule has 16 heavy (non-hydrogen) atoms. The maximum atomic E-state index is 5.15. The van der Waals surface area contributed by atoms with E-state index in [4.69, 9.17) is 4.74 Å². The molecule has 2 rings (SSSR count). The van der Waals surface area contributed by atoms with Gasteiger partial charge in [0.1, 0.15) is 5.75 Å². The molecule has 80 valence electrons. The fourth-order valence-electron chi connectivity index (χ4n) is 1.34. The summed E-state index contributed by atoms with van der Waals surface area (Å²) in [6.45, 7) is 0. The van der Waals surface area contributed by atoms with Crippen molar-refractivity contribution < 1.29 is 4.74 Å². The van der Waals surface area contributed by atoms with E-state index in [2.05, 4.69) is 10.2 Å². The Morgan fingerprint density at radius 3 is 2.69 bits per heavy atom. The number of rotatable bonds is 3. The van der Waals surface area contributed by atoms with Crippen molar-refractivity contribution in [2.75, 3.05) is 7.11 Å². The SMILES string of the molecule is COc1cccc(C=Cc2ccnnc2)c1. The molecule has 3 heteroatoms. The number of hydrogen-bond acceptors (Lipinski definition) is 3. The first-order valence-corrected chi connectivity index (χ1v) is 4.97. The van der Waals surface area contributed by atoms with Crippen LogP contribution in [0.3, 0.4) is 0 Å². The van der Waals surface area contributed by atoms with Crippen LogP contribution in [-0.2, 0) is 0 Å². The van der Waals surface area contributed by atoms with Crippen LogP contribution >= 0.6 is 0 Å². The maximum Gasteiger partial charge on any atom is 0.119 e. The number of benzene rings is 1. The quantitative estimate of drug-likeness (QED) is 0.784.